The highest BCUT2D eigenvalue weighted by Crippen LogP contribution is 2.15. The molecule has 1 aromatic carbocycles. The van der Waals surface area contributed by atoms with Crippen molar-refractivity contribution in [2.45, 2.75) is 13.3 Å². The Kier molecular flexibility index (Phi) is 4.76. The third-order valence-electron chi connectivity index (χ3n) is 2.35. The fourth-order valence-corrected chi connectivity index (χ4v) is 1.33. The summed E-state index contributed by atoms with van der Waals surface area (Å²) in [4.78, 5) is 22.4. The summed E-state index contributed by atoms with van der Waals surface area (Å²) < 4.78 is 31.3. The maximum absolute atomic E-state index is 13.6. The van der Waals surface area contributed by atoms with Gasteiger partial charge in [-0.15, -0.1) is 0 Å². The molecule has 1 N–H and O–H groups in total. The molecule has 0 saturated heterocycles. The van der Waals surface area contributed by atoms with Gasteiger partial charge in [-0.2, -0.15) is 0 Å². The number of carbonyl (C=O) groups excluding carboxylic acids is 2. The average Bonchev–Trinajstić information content (AvgIpc) is 2.34. The van der Waals surface area contributed by atoms with Crippen LogP contribution in [0.2, 0.25) is 0 Å². The van der Waals surface area contributed by atoms with E-state index in [9.17, 15) is 18.4 Å². The first-order valence-corrected chi connectivity index (χ1v) is 5.27. The molecule has 0 aliphatic carbocycles. The van der Waals surface area contributed by atoms with E-state index in [1.807, 2.05) is 0 Å². The van der Waals surface area contributed by atoms with Crippen LogP contribution in [0.4, 0.5) is 8.78 Å². The van der Waals surface area contributed by atoms with Crippen LogP contribution in [0.25, 0.3) is 0 Å². The van der Waals surface area contributed by atoms with Gasteiger partial charge in [-0.05, 0) is 18.6 Å². The molecular formula is C12H13F2NO3. The highest BCUT2D eigenvalue weighted by Gasteiger charge is 2.18. The maximum atomic E-state index is 13.6. The van der Waals surface area contributed by atoms with E-state index in [0.29, 0.717) is 0 Å². The molecule has 0 radical (unpaired) electrons. The van der Waals surface area contributed by atoms with Crippen LogP contribution >= 0.6 is 0 Å². The topological polar surface area (TPSA) is 55.4 Å². The second-order valence-corrected chi connectivity index (χ2v) is 3.64. The summed E-state index contributed by atoms with van der Waals surface area (Å²) in [6, 6.07) is 2.27. The lowest BCUT2D eigenvalue weighted by molar-refractivity contribution is -0.140. The van der Waals surface area contributed by atoms with Crippen molar-refractivity contribution in [2.24, 2.45) is 0 Å². The van der Waals surface area contributed by atoms with Crippen molar-refractivity contribution < 1.29 is 23.1 Å². The van der Waals surface area contributed by atoms with Crippen molar-refractivity contribution >= 4 is 11.9 Å². The van der Waals surface area contributed by atoms with E-state index >= 15 is 0 Å². The largest absolute Gasteiger partial charge is 0.469 e. The molecule has 6 heteroatoms. The van der Waals surface area contributed by atoms with Crippen LogP contribution in [0.15, 0.2) is 12.1 Å². The molecule has 18 heavy (non-hydrogen) atoms. The first-order chi connectivity index (χ1) is 8.47. The Labute approximate surface area is 103 Å². The molecule has 0 atom stereocenters. The number of esters is 1. The zero-order valence-electron chi connectivity index (χ0n) is 10.0. The minimum Gasteiger partial charge on any atom is -0.469 e. The Bertz CT molecular complexity index is 475. The third kappa shape index (κ3) is 3.26. The van der Waals surface area contributed by atoms with Crippen LogP contribution in [0.1, 0.15) is 22.3 Å². The van der Waals surface area contributed by atoms with E-state index in [-0.39, 0.29) is 18.5 Å². The van der Waals surface area contributed by atoms with Gasteiger partial charge < -0.3 is 10.1 Å². The molecule has 0 fully saturated rings. The second kappa shape index (κ2) is 6.09. The van der Waals surface area contributed by atoms with Crippen LogP contribution in [0.5, 0.6) is 0 Å². The molecule has 0 aliphatic heterocycles. The van der Waals surface area contributed by atoms with Crippen molar-refractivity contribution in [1.29, 1.82) is 0 Å². The van der Waals surface area contributed by atoms with E-state index in [1.54, 1.807) is 0 Å². The lowest BCUT2D eigenvalue weighted by Crippen LogP contribution is -2.28. The quantitative estimate of drug-likeness (QED) is 0.833. The molecular weight excluding hydrogens is 244 g/mol. The highest BCUT2D eigenvalue weighted by molar-refractivity contribution is 5.95. The van der Waals surface area contributed by atoms with Gasteiger partial charge in [-0.25, -0.2) is 8.78 Å². The number of carbonyl (C=O) groups is 2. The van der Waals surface area contributed by atoms with Crippen molar-refractivity contribution in [3.8, 4) is 0 Å². The number of benzene rings is 1. The molecule has 0 aliphatic rings. The minimum atomic E-state index is -0.936. The number of nitrogens with one attached hydrogen (secondary N) is 1. The van der Waals surface area contributed by atoms with Gasteiger partial charge in [0.1, 0.15) is 17.2 Å². The minimum absolute atomic E-state index is 0.0433. The zero-order chi connectivity index (χ0) is 13.7. The molecule has 0 unspecified atom stereocenters. The van der Waals surface area contributed by atoms with Gasteiger partial charge in [0.2, 0.25) is 0 Å². The number of amides is 1. The molecule has 1 amide bonds. The van der Waals surface area contributed by atoms with Crippen LogP contribution in [-0.2, 0) is 9.53 Å². The Morgan fingerprint density at radius 3 is 2.61 bits per heavy atom. The summed E-state index contributed by atoms with van der Waals surface area (Å²) in [5.41, 5.74) is -0.464. The lowest BCUT2D eigenvalue weighted by atomic mass is 10.1. The van der Waals surface area contributed by atoms with E-state index in [0.717, 1.165) is 6.07 Å². The predicted molar refractivity (Wildman–Crippen MR) is 60.1 cm³/mol. The van der Waals surface area contributed by atoms with Crippen LogP contribution in [0.3, 0.4) is 0 Å². The molecule has 1 aromatic rings. The summed E-state index contributed by atoms with van der Waals surface area (Å²) in [7, 11) is 1.21. The molecule has 0 bridgehead atoms. The molecule has 0 spiro atoms. The molecule has 4 nitrogen and oxygen atoms in total. The Hall–Kier alpha value is -1.98. The Balaban J connectivity index is 2.73. The number of ether oxygens (including phenoxy) is 1. The van der Waals surface area contributed by atoms with Crippen molar-refractivity contribution in [3.05, 3.63) is 34.9 Å². The zero-order valence-corrected chi connectivity index (χ0v) is 10.0. The summed E-state index contributed by atoms with van der Waals surface area (Å²) in [6.45, 7) is 1.39. The SMILES string of the molecule is COC(=O)CCNC(=O)c1c(F)ccc(C)c1F. The monoisotopic (exact) mass is 257 g/mol. The predicted octanol–water partition coefficient (Wildman–Crippen LogP) is 1.57. The smallest absolute Gasteiger partial charge is 0.307 e. The van der Waals surface area contributed by atoms with Gasteiger partial charge in [-0.1, -0.05) is 6.07 Å². The first kappa shape index (κ1) is 14.1. The van der Waals surface area contributed by atoms with Crippen LogP contribution < -0.4 is 5.32 Å². The van der Waals surface area contributed by atoms with E-state index < -0.39 is 29.1 Å². The normalized spacial score (nSPS) is 10.0. The average molecular weight is 257 g/mol. The lowest BCUT2D eigenvalue weighted by Gasteiger charge is -2.08. The van der Waals surface area contributed by atoms with Crippen LogP contribution in [0, 0.1) is 18.6 Å². The summed E-state index contributed by atoms with van der Waals surface area (Å²) in [5.74, 6) is -3.24. The van der Waals surface area contributed by atoms with Gasteiger partial charge in [-0.3, -0.25) is 9.59 Å². The van der Waals surface area contributed by atoms with Crippen molar-refractivity contribution in [3.63, 3.8) is 0 Å². The number of hydrogen-bond donors (Lipinski definition) is 1. The Morgan fingerprint density at radius 1 is 1.33 bits per heavy atom. The summed E-state index contributed by atoms with van der Waals surface area (Å²) in [6.07, 6.45) is -0.0582. The van der Waals surface area contributed by atoms with Crippen molar-refractivity contribution in [1.82, 2.24) is 5.32 Å². The highest BCUT2D eigenvalue weighted by atomic mass is 19.1. The number of rotatable bonds is 4. The number of aryl methyl sites for hydroxylation is 1. The van der Waals surface area contributed by atoms with E-state index in [2.05, 4.69) is 10.1 Å². The second-order valence-electron chi connectivity index (χ2n) is 3.64. The maximum Gasteiger partial charge on any atom is 0.307 e. The fourth-order valence-electron chi connectivity index (χ4n) is 1.33. The third-order valence-corrected chi connectivity index (χ3v) is 2.35. The number of halogens is 2. The first-order valence-electron chi connectivity index (χ1n) is 5.27. The van der Waals surface area contributed by atoms with Gasteiger partial charge in [0.15, 0.2) is 0 Å². The molecule has 1 rings (SSSR count). The molecule has 0 aromatic heterocycles. The summed E-state index contributed by atoms with van der Waals surface area (Å²) in [5, 5.41) is 2.25. The van der Waals surface area contributed by atoms with E-state index in [4.69, 9.17) is 0 Å². The molecule has 0 heterocycles. The van der Waals surface area contributed by atoms with Crippen LogP contribution in [-0.4, -0.2) is 25.5 Å². The summed E-state index contributed by atoms with van der Waals surface area (Å²) >= 11 is 0. The van der Waals surface area contributed by atoms with Gasteiger partial charge in [0, 0.05) is 6.54 Å². The standard InChI is InChI=1S/C12H13F2NO3/c1-7-3-4-8(13)10(11(7)14)12(17)15-6-5-9(16)18-2/h3-4H,5-6H2,1-2H3,(H,15,17). The molecule has 98 valence electrons. The van der Waals surface area contributed by atoms with E-state index in [1.165, 1.54) is 20.1 Å². The fraction of sp³-hybridized carbons (Fsp3) is 0.333. The molecule has 0 saturated carbocycles. The number of hydrogen-bond acceptors (Lipinski definition) is 3. The Morgan fingerprint density at radius 2 is 2.00 bits per heavy atom. The number of methoxy groups -OCH3 is 1. The van der Waals surface area contributed by atoms with Gasteiger partial charge in [0.05, 0.1) is 13.5 Å². The van der Waals surface area contributed by atoms with Crippen molar-refractivity contribution in [2.75, 3.05) is 13.7 Å². The van der Waals surface area contributed by atoms with Gasteiger partial charge in [0.25, 0.3) is 5.91 Å². The van der Waals surface area contributed by atoms with Gasteiger partial charge >= 0.3 is 5.97 Å².